The average molecular weight is 737 g/mol. The smallest absolute Gasteiger partial charge is 0.290 e. The molecule has 0 spiro atoms. The van der Waals surface area contributed by atoms with Gasteiger partial charge in [0, 0.05) is 11.1 Å². The minimum Gasteiger partial charge on any atom is -0.497 e. The first-order valence-electron chi connectivity index (χ1n) is 13.9. The van der Waals surface area contributed by atoms with Crippen molar-refractivity contribution >= 4 is 24.5 Å². The lowest BCUT2D eigenvalue weighted by molar-refractivity contribution is -0.123. The van der Waals surface area contributed by atoms with Gasteiger partial charge in [-0.3, -0.25) is 19.2 Å². The predicted molar refractivity (Wildman–Crippen MR) is 203 cm³/mol. The Morgan fingerprint density at radius 3 is 1.08 bits per heavy atom. The number of hydrogen-bond acceptors (Lipinski definition) is 10. The molecule has 0 fully saturated rings. The van der Waals surface area contributed by atoms with Crippen molar-refractivity contribution in [3.63, 3.8) is 0 Å². The highest BCUT2D eigenvalue weighted by Crippen LogP contribution is 2.27. The van der Waals surface area contributed by atoms with Gasteiger partial charge in [-0.2, -0.15) is 0 Å². The highest BCUT2D eigenvalue weighted by molar-refractivity contribution is 5.95. The van der Waals surface area contributed by atoms with E-state index in [9.17, 15) is 9.59 Å². The fraction of sp³-hybridized carbons (Fsp3) is 0.263. The fourth-order valence-corrected chi connectivity index (χ4v) is 3.22. The van der Waals surface area contributed by atoms with E-state index in [-0.39, 0.29) is 50.3 Å². The number of carboxylic acid groups (broad SMARTS) is 2. The third kappa shape index (κ3) is 25.8. The Kier molecular flexibility index (Phi) is 42.1. The first kappa shape index (κ1) is 58.1. The van der Waals surface area contributed by atoms with E-state index in [0.717, 1.165) is 23.0 Å². The number of para-hydroxylation sites is 3. The molecule has 4 aromatic rings. The Morgan fingerprint density at radius 2 is 0.769 bits per heavy atom. The van der Waals surface area contributed by atoms with Crippen LogP contribution in [0.5, 0.6) is 34.5 Å². The summed E-state index contributed by atoms with van der Waals surface area (Å²) in [5, 5.41) is 13.8. The second-order valence-electron chi connectivity index (χ2n) is 8.49. The number of Topliss-reactive ketones (excluding diaryl/α,β-unsaturated/α-hetero) is 2. The van der Waals surface area contributed by atoms with Gasteiger partial charge in [-0.05, 0) is 80.6 Å². The lowest BCUT2D eigenvalue weighted by atomic mass is 10.1. The van der Waals surface area contributed by atoms with Crippen LogP contribution in [0, 0.1) is 0 Å². The van der Waals surface area contributed by atoms with Crippen molar-refractivity contribution < 1.29 is 68.8 Å². The third-order valence-electron chi connectivity index (χ3n) is 5.55. The molecule has 0 aliphatic rings. The summed E-state index contributed by atoms with van der Waals surface area (Å²) in [4.78, 5) is 38.5. The number of benzene rings is 4. The summed E-state index contributed by atoms with van der Waals surface area (Å²) in [7, 11) is 9.61. The molecule has 0 saturated carbocycles. The second-order valence-corrected chi connectivity index (χ2v) is 8.49. The van der Waals surface area contributed by atoms with Crippen LogP contribution >= 0.6 is 0 Å². The van der Waals surface area contributed by atoms with Crippen LogP contribution in [-0.4, -0.2) is 88.3 Å². The topological polar surface area (TPSA) is 227 Å². The first-order valence-corrected chi connectivity index (χ1v) is 13.9. The van der Waals surface area contributed by atoms with Crippen LogP contribution in [0.15, 0.2) is 97.1 Å². The van der Waals surface area contributed by atoms with Gasteiger partial charge in [0.1, 0.15) is 11.5 Å². The molecular formula is C38H56O14. The van der Waals surface area contributed by atoms with E-state index in [1.54, 1.807) is 92.0 Å². The zero-order valence-electron chi connectivity index (χ0n) is 29.4. The van der Waals surface area contributed by atoms with Crippen molar-refractivity contribution in [1.82, 2.24) is 0 Å². The Morgan fingerprint density at radius 1 is 0.462 bits per heavy atom. The molecule has 0 heterocycles. The number of ketones is 2. The number of hydrogen-bond donors (Lipinski definition) is 2. The lowest BCUT2D eigenvalue weighted by Gasteiger charge is -2.07. The van der Waals surface area contributed by atoms with Gasteiger partial charge in [-0.25, -0.2) is 0 Å². The van der Waals surface area contributed by atoms with Crippen molar-refractivity contribution in [2.24, 2.45) is 0 Å². The number of ether oxygens (including phenoxy) is 6. The number of carbonyl (C=O) groups is 4. The van der Waals surface area contributed by atoms with Crippen molar-refractivity contribution in [1.29, 1.82) is 0 Å². The minimum absolute atomic E-state index is 0. The molecule has 14 nitrogen and oxygen atoms in total. The summed E-state index contributed by atoms with van der Waals surface area (Å²) < 4.78 is 30.0. The van der Waals surface area contributed by atoms with Gasteiger partial charge in [0.15, 0.2) is 34.6 Å². The molecule has 0 atom stereocenters. The standard InChI is InChI=1S/C10H12O3.C9H10O2.C8H10O2.C7H8O.2CH2O2.2CH4.2H2O/c1-7(11)8-4-5-9(12-2)10(6-8)13-3;1-7(10)8-3-5-9(11-2)6-4-8;1-9-7-5-3-4-6-8(7)10-2;1-8-7-5-3-2-4-6-7;2*2-1-3;;;;/h4-6H,1-3H3;3-6H,1-2H3;3-6H,1-2H3;2-6H,1H3;2*1H,(H,2,3);2*1H4;2*1H2. The largest absolute Gasteiger partial charge is 0.497 e. The van der Waals surface area contributed by atoms with Crippen LogP contribution in [0.1, 0.15) is 49.4 Å². The molecule has 0 unspecified atom stereocenters. The highest BCUT2D eigenvalue weighted by atomic mass is 16.5. The quantitative estimate of drug-likeness (QED) is 0.152. The van der Waals surface area contributed by atoms with Crippen LogP contribution in [0.4, 0.5) is 0 Å². The molecule has 0 aliphatic heterocycles. The van der Waals surface area contributed by atoms with Crippen LogP contribution < -0.4 is 28.4 Å². The zero-order chi connectivity index (χ0) is 36.7. The second kappa shape index (κ2) is 37.7. The van der Waals surface area contributed by atoms with Crippen molar-refractivity contribution in [3.05, 3.63) is 108 Å². The molecular weight excluding hydrogens is 680 g/mol. The maximum absolute atomic E-state index is 11.0. The summed E-state index contributed by atoms with van der Waals surface area (Å²) in [5.74, 6) is 4.52. The molecule has 0 bridgehead atoms. The van der Waals surface area contributed by atoms with E-state index >= 15 is 0 Å². The molecule has 292 valence electrons. The molecule has 4 aromatic carbocycles. The van der Waals surface area contributed by atoms with E-state index in [1.165, 1.54) is 6.92 Å². The summed E-state index contributed by atoms with van der Waals surface area (Å²) in [6, 6.07) is 29.4. The molecule has 6 N–H and O–H groups in total. The van der Waals surface area contributed by atoms with Crippen LogP contribution in [-0.2, 0) is 9.59 Å². The van der Waals surface area contributed by atoms with Gasteiger partial charge < -0.3 is 49.6 Å². The molecule has 14 heteroatoms. The number of rotatable bonds is 8. The normalized spacial score (nSPS) is 7.85. The average Bonchev–Trinajstić information content (AvgIpc) is 3.13. The maximum atomic E-state index is 11.0. The Hall–Kier alpha value is -6.12. The zero-order valence-corrected chi connectivity index (χ0v) is 29.4. The summed E-state index contributed by atoms with van der Waals surface area (Å²) in [6.07, 6.45) is 0. The van der Waals surface area contributed by atoms with Crippen molar-refractivity contribution in [2.75, 3.05) is 42.7 Å². The van der Waals surface area contributed by atoms with Gasteiger partial charge in [-0.1, -0.05) is 45.2 Å². The Bertz CT molecular complexity index is 1420. The van der Waals surface area contributed by atoms with E-state index in [1.807, 2.05) is 54.6 Å². The molecule has 0 radical (unpaired) electrons. The third-order valence-corrected chi connectivity index (χ3v) is 5.55. The SMILES string of the molecule is C.C.COc1ccc(C(C)=O)cc1.COc1ccc(C(C)=O)cc1OC.COc1ccccc1.COc1ccccc1OC.O.O.O=CO.O=CO. The van der Waals surface area contributed by atoms with Gasteiger partial charge >= 0.3 is 0 Å². The van der Waals surface area contributed by atoms with E-state index in [2.05, 4.69) is 0 Å². The van der Waals surface area contributed by atoms with Crippen LogP contribution in [0.2, 0.25) is 0 Å². The van der Waals surface area contributed by atoms with Crippen LogP contribution in [0.25, 0.3) is 0 Å². The van der Waals surface area contributed by atoms with Gasteiger partial charge in [0.2, 0.25) is 0 Å². The summed E-state index contributed by atoms with van der Waals surface area (Å²) >= 11 is 0. The first-order chi connectivity index (χ1) is 23.1. The Labute approximate surface area is 307 Å². The minimum atomic E-state index is -0.250. The molecule has 0 aliphatic carbocycles. The number of methoxy groups -OCH3 is 6. The monoisotopic (exact) mass is 736 g/mol. The van der Waals surface area contributed by atoms with Crippen LogP contribution in [0.3, 0.4) is 0 Å². The molecule has 0 saturated heterocycles. The maximum Gasteiger partial charge on any atom is 0.290 e. The number of carbonyl (C=O) groups excluding carboxylic acids is 2. The van der Waals surface area contributed by atoms with E-state index < -0.39 is 0 Å². The molecule has 0 aromatic heterocycles. The van der Waals surface area contributed by atoms with Gasteiger partial charge in [0.25, 0.3) is 12.9 Å². The van der Waals surface area contributed by atoms with Crippen molar-refractivity contribution in [2.45, 2.75) is 28.7 Å². The molecule has 0 amide bonds. The Balaban J connectivity index is -0.000000127. The van der Waals surface area contributed by atoms with E-state index in [0.29, 0.717) is 22.6 Å². The molecule has 52 heavy (non-hydrogen) atoms. The van der Waals surface area contributed by atoms with Crippen molar-refractivity contribution in [3.8, 4) is 34.5 Å². The highest BCUT2D eigenvalue weighted by Gasteiger charge is 2.06. The summed E-state index contributed by atoms with van der Waals surface area (Å²) in [5.41, 5.74) is 1.34. The van der Waals surface area contributed by atoms with Gasteiger partial charge in [-0.15, -0.1) is 0 Å². The fourth-order valence-electron chi connectivity index (χ4n) is 3.22. The lowest BCUT2D eigenvalue weighted by Crippen LogP contribution is -1.95. The van der Waals surface area contributed by atoms with Gasteiger partial charge in [0.05, 0.1) is 42.7 Å². The molecule has 4 rings (SSSR count). The summed E-state index contributed by atoms with van der Waals surface area (Å²) in [6.45, 7) is 2.56. The van der Waals surface area contributed by atoms with E-state index in [4.69, 9.17) is 48.2 Å². The predicted octanol–water partition coefficient (Wildman–Crippen LogP) is 6.23.